The molecule has 0 aromatic carbocycles. The normalized spacial score (nSPS) is 10.6. The Kier molecular flexibility index (Phi) is 3.14. The molecule has 0 radical (unpaired) electrons. The molecule has 0 aliphatic heterocycles. The number of hydrogen-bond acceptors (Lipinski definition) is 4. The lowest BCUT2D eigenvalue weighted by molar-refractivity contribution is -0.386. The van der Waals surface area contributed by atoms with Crippen LogP contribution in [-0.2, 0) is 0 Å². The van der Waals surface area contributed by atoms with Gasteiger partial charge >= 0.3 is 11.2 Å². The van der Waals surface area contributed by atoms with Crippen molar-refractivity contribution in [2.45, 2.75) is 0 Å². The summed E-state index contributed by atoms with van der Waals surface area (Å²) in [5.41, 5.74) is 4.58. The van der Waals surface area contributed by atoms with E-state index in [1.807, 2.05) is 0 Å². The van der Waals surface area contributed by atoms with Crippen LogP contribution in [0.1, 0.15) is 5.56 Å². The second-order valence-corrected chi connectivity index (χ2v) is 2.54. The summed E-state index contributed by atoms with van der Waals surface area (Å²) >= 11 is 0. The maximum Gasteiger partial charge on any atom is 0.334 e. The number of rotatable bonds is 3. The summed E-state index contributed by atoms with van der Waals surface area (Å²) in [5.74, 6) is 0. The lowest BCUT2D eigenvalue weighted by Crippen LogP contribution is -2.10. The van der Waals surface area contributed by atoms with E-state index in [-0.39, 0.29) is 0 Å². The summed E-state index contributed by atoms with van der Waals surface area (Å²) in [6, 6.07) is 1.20. The summed E-state index contributed by atoms with van der Waals surface area (Å²) in [6.45, 7) is 0.340. The first kappa shape index (κ1) is 10.1. The largest absolute Gasteiger partial charge is 0.334 e. The molecular weight excluding hydrogens is 186 g/mol. The molecule has 0 spiro atoms. The number of aromatic amines is 1. The molecule has 0 saturated carbocycles. The third-order valence-corrected chi connectivity index (χ3v) is 1.55. The van der Waals surface area contributed by atoms with Crippen molar-refractivity contribution < 1.29 is 4.92 Å². The highest BCUT2D eigenvalue weighted by molar-refractivity contribution is 5.51. The molecule has 1 rings (SSSR count). The Labute approximate surface area is 79.2 Å². The van der Waals surface area contributed by atoms with E-state index in [0.717, 1.165) is 0 Å². The standard InChI is InChI=1S/C8H9N3O3/c9-3-1-2-6-4-7(11(13)14)8(12)10-5-6/h1-2,4-5H,3,9H2,(H,10,12). The monoisotopic (exact) mass is 195 g/mol. The summed E-state index contributed by atoms with van der Waals surface area (Å²) < 4.78 is 0. The van der Waals surface area contributed by atoms with Crippen molar-refractivity contribution in [2.75, 3.05) is 6.54 Å². The van der Waals surface area contributed by atoms with Crippen molar-refractivity contribution in [2.24, 2.45) is 5.73 Å². The van der Waals surface area contributed by atoms with Gasteiger partial charge in [-0.05, 0) is 5.56 Å². The van der Waals surface area contributed by atoms with E-state index < -0.39 is 16.2 Å². The van der Waals surface area contributed by atoms with E-state index in [1.54, 1.807) is 12.2 Å². The van der Waals surface area contributed by atoms with Gasteiger partial charge in [-0.1, -0.05) is 12.2 Å². The molecule has 0 fully saturated rings. The number of nitrogens with one attached hydrogen (secondary N) is 1. The predicted octanol–water partition coefficient (Wildman–Crippen LogP) is 0.255. The summed E-state index contributed by atoms with van der Waals surface area (Å²) in [7, 11) is 0. The first-order valence-corrected chi connectivity index (χ1v) is 3.89. The highest BCUT2D eigenvalue weighted by atomic mass is 16.6. The fourth-order valence-electron chi connectivity index (χ4n) is 0.924. The van der Waals surface area contributed by atoms with E-state index in [9.17, 15) is 14.9 Å². The topological polar surface area (TPSA) is 102 Å². The first-order valence-electron chi connectivity index (χ1n) is 3.89. The minimum Gasteiger partial charge on any atom is -0.327 e. The molecule has 0 amide bonds. The van der Waals surface area contributed by atoms with Crippen LogP contribution in [0.2, 0.25) is 0 Å². The van der Waals surface area contributed by atoms with E-state index in [4.69, 9.17) is 5.73 Å². The third-order valence-electron chi connectivity index (χ3n) is 1.55. The van der Waals surface area contributed by atoms with Gasteiger partial charge in [0.15, 0.2) is 0 Å². The quantitative estimate of drug-likeness (QED) is 0.533. The van der Waals surface area contributed by atoms with Crippen LogP contribution >= 0.6 is 0 Å². The molecule has 0 atom stereocenters. The van der Waals surface area contributed by atoms with Crippen LogP contribution in [0.15, 0.2) is 23.1 Å². The molecule has 0 unspecified atom stereocenters. The Balaban J connectivity index is 3.13. The summed E-state index contributed by atoms with van der Waals surface area (Å²) in [6.07, 6.45) is 4.63. The van der Waals surface area contributed by atoms with Gasteiger partial charge in [0, 0.05) is 18.8 Å². The summed E-state index contributed by atoms with van der Waals surface area (Å²) in [4.78, 5) is 22.9. The molecule has 0 aliphatic rings. The molecule has 3 N–H and O–H groups in total. The average molecular weight is 195 g/mol. The fraction of sp³-hybridized carbons (Fsp3) is 0.125. The molecule has 0 saturated heterocycles. The van der Waals surface area contributed by atoms with Crippen molar-refractivity contribution in [1.29, 1.82) is 0 Å². The second-order valence-electron chi connectivity index (χ2n) is 2.54. The van der Waals surface area contributed by atoms with E-state index in [0.29, 0.717) is 12.1 Å². The Morgan fingerprint density at radius 1 is 1.64 bits per heavy atom. The Hall–Kier alpha value is -1.95. The molecular formula is C8H9N3O3. The zero-order chi connectivity index (χ0) is 10.6. The van der Waals surface area contributed by atoms with Crippen LogP contribution in [0.4, 0.5) is 5.69 Å². The fourth-order valence-corrected chi connectivity index (χ4v) is 0.924. The number of nitro groups is 1. The number of H-pyrrole nitrogens is 1. The number of hydrogen-bond donors (Lipinski definition) is 2. The van der Waals surface area contributed by atoms with Crippen LogP contribution in [0.3, 0.4) is 0 Å². The molecule has 14 heavy (non-hydrogen) atoms. The van der Waals surface area contributed by atoms with Crippen molar-refractivity contribution in [3.63, 3.8) is 0 Å². The van der Waals surface area contributed by atoms with Gasteiger partial charge in [-0.25, -0.2) is 0 Å². The van der Waals surface area contributed by atoms with Gasteiger partial charge in [-0.3, -0.25) is 14.9 Å². The highest BCUT2D eigenvalue weighted by Crippen LogP contribution is 2.07. The smallest absolute Gasteiger partial charge is 0.327 e. The number of pyridine rings is 1. The van der Waals surface area contributed by atoms with Crippen LogP contribution in [0.5, 0.6) is 0 Å². The molecule has 1 aromatic heterocycles. The predicted molar refractivity (Wildman–Crippen MR) is 51.8 cm³/mol. The average Bonchev–Trinajstić information content (AvgIpc) is 2.16. The second kappa shape index (κ2) is 4.33. The lowest BCUT2D eigenvalue weighted by atomic mass is 10.2. The van der Waals surface area contributed by atoms with Crippen molar-refractivity contribution in [3.05, 3.63) is 44.4 Å². The number of nitrogens with zero attached hydrogens (tertiary/aromatic N) is 1. The third kappa shape index (κ3) is 2.27. The van der Waals surface area contributed by atoms with Gasteiger partial charge in [-0.2, -0.15) is 0 Å². The minimum atomic E-state index is -0.724. The van der Waals surface area contributed by atoms with E-state index in [1.165, 1.54) is 12.3 Å². The number of nitrogens with two attached hydrogens (primary N) is 1. The van der Waals surface area contributed by atoms with Gasteiger partial charge in [0.25, 0.3) is 0 Å². The number of aromatic nitrogens is 1. The highest BCUT2D eigenvalue weighted by Gasteiger charge is 2.11. The van der Waals surface area contributed by atoms with Crippen molar-refractivity contribution in [1.82, 2.24) is 4.98 Å². The van der Waals surface area contributed by atoms with Gasteiger partial charge < -0.3 is 10.7 Å². The van der Waals surface area contributed by atoms with E-state index >= 15 is 0 Å². The van der Waals surface area contributed by atoms with Gasteiger partial charge in [0.1, 0.15) is 0 Å². The molecule has 0 aliphatic carbocycles. The zero-order valence-electron chi connectivity index (χ0n) is 7.27. The molecule has 6 nitrogen and oxygen atoms in total. The SMILES string of the molecule is NCC=Cc1c[nH]c(=O)c([N+](=O)[O-])c1. The van der Waals surface area contributed by atoms with Crippen molar-refractivity contribution in [3.8, 4) is 0 Å². The molecule has 0 bridgehead atoms. The molecule has 6 heteroatoms. The first-order chi connectivity index (χ1) is 6.65. The van der Waals surface area contributed by atoms with Crippen LogP contribution in [-0.4, -0.2) is 16.5 Å². The maximum absolute atomic E-state index is 10.9. The van der Waals surface area contributed by atoms with E-state index in [2.05, 4.69) is 4.98 Å². The van der Waals surface area contributed by atoms with Crippen LogP contribution < -0.4 is 11.3 Å². The molecule has 1 aromatic rings. The molecule has 1 heterocycles. The van der Waals surface area contributed by atoms with Gasteiger partial charge in [0.2, 0.25) is 0 Å². The Morgan fingerprint density at radius 3 is 2.93 bits per heavy atom. The molecule has 74 valence electrons. The zero-order valence-corrected chi connectivity index (χ0v) is 7.27. The maximum atomic E-state index is 10.9. The van der Waals surface area contributed by atoms with Crippen LogP contribution in [0.25, 0.3) is 6.08 Å². The van der Waals surface area contributed by atoms with Crippen LogP contribution in [0, 0.1) is 10.1 Å². The Morgan fingerprint density at radius 2 is 2.36 bits per heavy atom. The van der Waals surface area contributed by atoms with Crippen molar-refractivity contribution >= 4 is 11.8 Å². The minimum absolute atomic E-state index is 0.340. The Bertz CT molecular complexity index is 422. The lowest BCUT2D eigenvalue weighted by Gasteiger charge is -1.93. The summed E-state index contributed by atoms with van der Waals surface area (Å²) in [5, 5.41) is 10.4. The van der Waals surface area contributed by atoms with Gasteiger partial charge in [-0.15, -0.1) is 0 Å². The van der Waals surface area contributed by atoms with Gasteiger partial charge in [0.05, 0.1) is 4.92 Å².